The summed E-state index contributed by atoms with van der Waals surface area (Å²) in [6.07, 6.45) is 0.481. The molecule has 76 valence electrons. The molecule has 1 rings (SSSR count). The first-order chi connectivity index (χ1) is 6.68. The van der Waals surface area contributed by atoms with Crippen LogP contribution in [0.15, 0.2) is 44.2 Å². The summed E-state index contributed by atoms with van der Waals surface area (Å²) in [5, 5.41) is 11.3. The molecule has 1 unspecified atom stereocenters. The van der Waals surface area contributed by atoms with Crippen LogP contribution in [0.3, 0.4) is 0 Å². The van der Waals surface area contributed by atoms with Crippen LogP contribution in [0.1, 0.15) is 13.3 Å². The zero-order valence-electron chi connectivity index (χ0n) is 7.98. The average molecular weight is 320 g/mol. The van der Waals surface area contributed by atoms with E-state index in [0.717, 1.165) is 6.42 Å². The van der Waals surface area contributed by atoms with Crippen LogP contribution in [-0.2, 0) is 0 Å². The van der Waals surface area contributed by atoms with Gasteiger partial charge in [0.25, 0.3) is 0 Å². The molecule has 0 aromatic heterocycles. The lowest BCUT2D eigenvalue weighted by atomic mass is 10.3. The molecule has 0 saturated carbocycles. The van der Waals surface area contributed by atoms with E-state index >= 15 is 0 Å². The Morgan fingerprint density at radius 3 is 2.71 bits per heavy atom. The maximum Gasteiger partial charge on any atom is 0.0557 e. The summed E-state index contributed by atoms with van der Waals surface area (Å²) >= 11 is 3.95. The fraction of sp³-hybridized carbons (Fsp3) is 0.273. The van der Waals surface area contributed by atoms with Gasteiger partial charge in [-0.05, 0) is 50.6 Å². The first-order valence-corrected chi connectivity index (χ1v) is 6.38. The summed E-state index contributed by atoms with van der Waals surface area (Å²) in [4.78, 5) is 1.23. The first-order valence-electron chi connectivity index (χ1n) is 4.43. The smallest absolute Gasteiger partial charge is 0.0557 e. The normalized spacial score (nSPS) is 14.1. The second-order valence-electron chi connectivity index (χ2n) is 3.05. The highest BCUT2D eigenvalue weighted by Crippen LogP contribution is 2.24. The minimum absolute atomic E-state index is 0.255. The Balaban J connectivity index is 2.47. The molecule has 0 amide bonds. The van der Waals surface area contributed by atoms with Crippen LogP contribution >= 0.6 is 34.4 Å². The highest BCUT2D eigenvalue weighted by molar-refractivity contribution is 14.1. The molecule has 14 heavy (non-hydrogen) atoms. The van der Waals surface area contributed by atoms with Gasteiger partial charge in [-0.3, -0.25) is 0 Å². The number of rotatable bonds is 4. The maximum atomic E-state index is 9.17. The summed E-state index contributed by atoms with van der Waals surface area (Å²) in [6, 6.07) is 10.2. The van der Waals surface area contributed by atoms with Gasteiger partial charge in [0.05, 0.1) is 6.10 Å². The number of hydrogen-bond acceptors (Lipinski definition) is 2. The quantitative estimate of drug-likeness (QED) is 0.672. The SMILES string of the molecule is CC(O)C/C(I)=C/Sc1ccccc1. The topological polar surface area (TPSA) is 20.2 Å². The van der Waals surface area contributed by atoms with Crippen LogP contribution in [-0.4, -0.2) is 11.2 Å². The van der Waals surface area contributed by atoms with E-state index in [-0.39, 0.29) is 6.10 Å². The van der Waals surface area contributed by atoms with Crippen LogP contribution in [0.25, 0.3) is 0 Å². The third-order valence-electron chi connectivity index (χ3n) is 1.56. The van der Waals surface area contributed by atoms with E-state index in [4.69, 9.17) is 5.11 Å². The van der Waals surface area contributed by atoms with Crippen molar-refractivity contribution < 1.29 is 5.11 Å². The van der Waals surface area contributed by atoms with E-state index in [0.29, 0.717) is 0 Å². The van der Waals surface area contributed by atoms with Crippen molar-refractivity contribution in [2.75, 3.05) is 0 Å². The highest BCUT2D eigenvalue weighted by Gasteiger charge is 1.98. The molecule has 0 bridgehead atoms. The van der Waals surface area contributed by atoms with E-state index < -0.39 is 0 Å². The molecule has 1 N–H and O–H groups in total. The van der Waals surface area contributed by atoms with Gasteiger partial charge < -0.3 is 5.11 Å². The monoisotopic (exact) mass is 320 g/mol. The lowest BCUT2D eigenvalue weighted by molar-refractivity contribution is 0.198. The Morgan fingerprint density at radius 1 is 1.50 bits per heavy atom. The highest BCUT2D eigenvalue weighted by atomic mass is 127. The van der Waals surface area contributed by atoms with Crippen molar-refractivity contribution in [2.45, 2.75) is 24.3 Å². The lowest BCUT2D eigenvalue weighted by Gasteiger charge is -2.02. The van der Waals surface area contributed by atoms with Gasteiger partial charge in [-0.2, -0.15) is 0 Å². The van der Waals surface area contributed by atoms with Gasteiger partial charge in [-0.15, -0.1) is 0 Å². The van der Waals surface area contributed by atoms with E-state index in [1.807, 2.05) is 18.2 Å². The molecule has 0 fully saturated rings. The Hall–Kier alpha value is -0.000000000000000111. The zero-order valence-corrected chi connectivity index (χ0v) is 11.0. The van der Waals surface area contributed by atoms with Gasteiger partial charge in [-0.1, -0.05) is 30.0 Å². The third-order valence-corrected chi connectivity index (χ3v) is 3.68. The Morgan fingerprint density at radius 2 is 2.14 bits per heavy atom. The number of hydrogen-bond donors (Lipinski definition) is 1. The second-order valence-corrected chi connectivity index (χ2v) is 5.38. The zero-order chi connectivity index (χ0) is 10.4. The van der Waals surface area contributed by atoms with Crippen LogP contribution in [0, 0.1) is 0 Å². The van der Waals surface area contributed by atoms with E-state index in [2.05, 4.69) is 40.1 Å². The van der Waals surface area contributed by atoms with Crippen LogP contribution < -0.4 is 0 Å². The molecule has 1 nitrogen and oxygen atoms in total. The number of halogens is 1. The molecule has 0 radical (unpaired) electrons. The van der Waals surface area contributed by atoms with Crippen molar-refractivity contribution in [2.24, 2.45) is 0 Å². The molecular weight excluding hydrogens is 307 g/mol. The minimum Gasteiger partial charge on any atom is -0.393 e. The minimum atomic E-state index is -0.255. The molecule has 0 aliphatic rings. The molecule has 0 aliphatic heterocycles. The summed E-state index contributed by atoms with van der Waals surface area (Å²) in [5.74, 6) is 0. The van der Waals surface area contributed by atoms with Gasteiger partial charge in [-0.25, -0.2) is 0 Å². The summed E-state index contributed by atoms with van der Waals surface area (Å²) in [5.41, 5.74) is 0. The first kappa shape index (κ1) is 12.1. The number of thioether (sulfide) groups is 1. The van der Waals surface area contributed by atoms with Gasteiger partial charge in [0, 0.05) is 11.3 Å². The summed E-state index contributed by atoms with van der Waals surface area (Å²) in [6.45, 7) is 1.81. The Bertz CT molecular complexity index is 295. The summed E-state index contributed by atoms with van der Waals surface area (Å²) < 4.78 is 1.19. The predicted molar refractivity (Wildman–Crippen MR) is 70.7 cm³/mol. The van der Waals surface area contributed by atoms with Crippen molar-refractivity contribution >= 4 is 34.4 Å². The molecule has 0 spiro atoms. The molecule has 0 heterocycles. The lowest BCUT2D eigenvalue weighted by Crippen LogP contribution is -1.97. The van der Waals surface area contributed by atoms with Crippen molar-refractivity contribution in [3.8, 4) is 0 Å². The van der Waals surface area contributed by atoms with Crippen molar-refractivity contribution in [3.05, 3.63) is 39.3 Å². The number of aliphatic hydroxyl groups is 1. The van der Waals surface area contributed by atoms with Crippen molar-refractivity contribution in [1.29, 1.82) is 0 Å². The molecule has 1 aromatic carbocycles. The summed E-state index contributed by atoms with van der Waals surface area (Å²) in [7, 11) is 0. The molecular formula is C11H13IOS. The standard InChI is InChI=1S/C11H13IOS/c1-9(13)7-10(12)8-14-11-5-3-2-4-6-11/h2-6,8-9,13H,7H2,1H3/b10-8-. The third kappa shape index (κ3) is 5.02. The van der Waals surface area contributed by atoms with Crippen molar-refractivity contribution in [3.63, 3.8) is 0 Å². The van der Waals surface area contributed by atoms with Gasteiger partial charge in [0.2, 0.25) is 0 Å². The van der Waals surface area contributed by atoms with Crippen LogP contribution in [0.4, 0.5) is 0 Å². The van der Waals surface area contributed by atoms with Gasteiger partial charge in [0.15, 0.2) is 0 Å². The van der Waals surface area contributed by atoms with Crippen LogP contribution in [0.2, 0.25) is 0 Å². The molecule has 1 atom stereocenters. The Labute approximate surface area is 103 Å². The molecule has 0 aliphatic carbocycles. The van der Waals surface area contributed by atoms with Crippen molar-refractivity contribution in [1.82, 2.24) is 0 Å². The number of benzene rings is 1. The fourth-order valence-electron chi connectivity index (χ4n) is 0.961. The predicted octanol–water partition coefficient (Wildman–Crippen LogP) is 3.83. The maximum absolute atomic E-state index is 9.17. The van der Waals surface area contributed by atoms with E-state index in [9.17, 15) is 0 Å². The fourth-order valence-corrected chi connectivity index (χ4v) is 2.65. The largest absolute Gasteiger partial charge is 0.393 e. The molecule has 3 heteroatoms. The second kappa shape index (κ2) is 6.48. The Kier molecular flexibility index (Phi) is 5.59. The number of aliphatic hydroxyl groups excluding tert-OH is 1. The van der Waals surface area contributed by atoms with Gasteiger partial charge in [0.1, 0.15) is 0 Å². The van der Waals surface area contributed by atoms with Gasteiger partial charge >= 0.3 is 0 Å². The molecule has 1 aromatic rings. The van der Waals surface area contributed by atoms with Crippen LogP contribution in [0.5, 0.6) is 0 Å². The van der Waals surface area contributed by atoms with E-state index in [1.54, 1.807) is 18.7 Å². The van der Waals surface area contributed by atoms with E-state index in [1.165, 1.54) is 8.48 Å². The average Bonchev–Trinajstić information content (AvgIpc) is 2.15. The molecule has 0 saturated heterocycles.